The van der Waals surface area contributed by atoms with Crippen LogP contribution in [0.25, 0.3) is 5.69 Å². The molecule has 33 heavy (non-hydrogen) atoms. The van der Waals surface area contributed by atoms with E-state index in [2.05, 4.69) is 33.0 Å². The molecule has 0 saturated carbocycles. The number of benzene rings is 3. The van der Waals surface area contributed by atoms with Gasteiger partial charge in [-0.1, -0.05) is 65.8 Å². The van der Waals surface area contributed by atoms with Crippen molar-refractivity contribution >= 4 is 35.1 Å². The van der Waals surface area contributed by atoms with E-state index in [0.717, 1.165) is 16.8 Å². The zero-order valence-electron chi connectivity index (χ0n) is 17.8. The highest BCUT2D eigenvalue weighted by atomic mass is 35.5. The Hall–Kier alpha value is -3.36. The van der Waals surface area contributed by atoms with Crippen molar-refractivity contribution in [3.05, 3.63) is 101 Å². The van der Waals surface area contributed by atoms with Gasteiger partial charge in [0, 0.05) is 16.5 Å². The van der Waals surface area contributed by atoms with Crippen LogP contribution in [-0.4, -0.2) is 20.8 Å². The van der Waals surface area contributed by atoms with Gasteiger partial charge in [0.1, 0.15) is 5.82 Å². The van der Waals surface area contributed by atoms with Crippen LogP contribution in [0, 0.1) is 12.7 Å². The summed E-state index contributed by atoms with van der Waals surface area (Å²) in [5, 5.41) is 15.3. The Balaban J connectivity index is 1.56. The van der Waals surface area contributed by atoms with Crippen LogP contribution in [0.1, 0.15) is 17.0 Å². The van der Waals surface area contributed by atoms with E-state index in [9.17, 15) is 9.18 Å². The maximum absolute atomic E-state index is 13.4. The Morgan fingerprint density at radius 2 is 1.88 bits per heavy atom. The summed E-state index contributed by atoms with van der Waals surface area (Å²) in [5.74, 6) is 0.834. The first-order chi connectivity index (χ1) is 16.0. The predicted molar refractivity (Wildman–Crippen MR) is 129 cm³/mol. The third-order valence-electron chi connectivity index (χ3n) is 4.81. The van der Waals surface area contributed by atoms with Gasteiger partial charge in [-0.05, 0) is 48.4 Å². The van der Waals surface area contributed by atoms with Gasteiger partial charge in [0.05, 0.1) is 12.2 Å². The van der Waals surface area contributed by atoms with Crippen molar-refractivity contribution in [2.24, 2.45) is 0 Å². The second-order valence-corrected chi connectivity index (χ2v) is 8.64. The van der Waals surface area contributed by atoms with Crippen LogP contribution in [0.2, 0.25) is 5.02 Å². The summed E-state index contributed by atoms with van der Waals surface area (Å²) in [5.41, 5.74) is 3.35. The average molecular weight is 482 g/mol. The zero-order chi connectivity index (χ0) is 23.2. The molecule has 0 bridgehead atoms. The fraction of sp³-hybridized carbons (Fsp3) is 0.125. The summed E-state index contributed by atoms with van der Waals surface area (Å²) in [6, 6.07) is 20.9. The smallest absolute Gasteiger partial charge is 0.319 e. The first kappa shape index (κ1) is 22.8. The summed E-state index contributed by atoms with van der Waals surface area (Å²) in [7, 11) is 0. The molecule has 0 radical (unpaired) electrons. The van der Waals surface area contributed by atoms with Gasteiger partial charge in [-0.25, -0.2) is 9.18 Å². The SMILES string of the molecule is Cc1ccc(Cl)cc1-n1c(CNC(=O)Nc2cccc(F)c2)nnc1SCc1ccccc1. The van der Waals surface area contributed by atoms with Gasteiger partial charge in [-0.2, -0.15) is 0 Å². The molecular weight excluding hydrogens is 461 g/mol. The van der Waals surface area contributed by atoms with Crippen LogP contribution in [0.4, 0.5) is 14.9 Å². The number of aryl methyl sites for hydroxylation is 1. The maximum atomic E-state index is 13.4. The van der Waals surface area contributed by atoms with Crippen LogP contribution in [0.3, 0.4) is 0 Å². The Bertz CT molecular complexity index is 1260. The quantitative estimate of drug-likeness (QED) is 0.318. The lowest BCUT2D eigenvalue weighted by molar-refractivity contribution is 0.251. The molecule has 4 rings (SSSR count). The Morgan fingerprint density at radius 1 is 1.06 bits per heavy atom. The summed E-state index contributed by atoms with van der Waals surface area (Å²) < 4.78 is 15.3. The molecule has 0 aliphatic carbocycles. The molecule has 0 fully saturated rings. The molecule has 1 aromatic heterocycles. The van der Waals surface area contributed by atoms with Crippen LogP contribution in [0.15, 0.2) is 78.0 Å². The number of amides is 2. The molecule has 3 aromatic carbocycles. The first-order valence-corrected chi connectivity index (χ1v) is 11.5. The standard InChI is InChI=1S/C24H21ClFN5OS/c1-16-10-11-18(25)12-21(16)31-22(14-27-23(32)28-20-9-5-8-19(26)13-20)29-30-24(31)33-15-17-6-3-2-4-7-17/h2-13H,14-15H2,1H3,(H2,27,28,32). The molecule has 0 atom stereocenters. The van der Waals surface area contributed by atoms with E-state index in [1.807, 2.05) is 47.9 Å². The highest BCUT2D eigenvalue weighted by molar-refractivity contribution is 7.98. The molecule has 0 spiro atoms. The van der Waals surface area contributed by atoms with Gasteiger partial charge < -0.3 is 10.6 Å². The molecule has 168 valence electrons. The van der Waals surface area contributed by atoms with Crippen molar-refractivity contribution in [2.45, 2.75) is 24.4 Å². The number of rotatable bonds is 7. The average Bonchev–Trinajstić information content (AvgIpc) is 3.21. The fourth-order valence-electron chi connectivity index (χ4n) is 3.20. The lowest BCUT2D eigenvalue weighted by atomic mass is 10.2. The van der Waals surface area contributed by atoms with E-state index in [-0.39, 0.29) is 6.54 Å². The predicted octanol–water partition coefficient (Wildman–Crippen LogP) is 5.98. The Morgan fingerprint density at radius 3 is 2.67 bits per heavy atom. The Kier molecular flexibility index (Phi) is 7.26. The second-order valence-electron chi connectivity index (χ2n) is 7.26. The topological polar surface area (TPSA) is 71.8 Å². The van der Waals surface area contributed by atoms with Crippen molar-refractivity contribution in [3.63, 3.8) is 0 Å². The van der Waals surface area contributed by atoms with E-state index < -0.39 is 11.8 Å². The second kappa shape index (κ2) is 10.5. The monoisotopic (exact) mass is 481 g/mol. The summed E-state index contributed by atoms with van der Waals surface area (Å²) in [4.78, 5) is 12.4. The largest absolute Gasteiger partial charge is 0.331 e. The van der Waals surface area contributed by atoms with Gasteiger partial charge in [0.15, 0.2) is 11.0 Å². The molecule has 0 aliphatic rings. The van der Waals surface area contributed by atoms with Crippen molar-refractivity contribution in [2.75, 3.05) is 5.32 Å². The van der Waals surface area contributed by atoms with Crippen LogP contribution in [0.5, 0.6) is 0 Å². The van der Waals surface area contributed by atoms with Crippen LogP contribution >= 0.6 is 23.4 Å². The summed E-state index contributed by atoms with van der Waals surface area (Å²) in [6.45, 7) is 2.09. The van der Waals surface area contributed by atoms with Gasteiger partial charge in [0.25, 0.3) is 0 Å². The number of anilines is 1. The fourth-order valence-corrected chi connectivity index (χ4v) is 4.28. The van der Waals surface area contributed by atoms with Crippen molar-refractivity contribution in [3.8, 4) is 5.69 Å². The molecule has 2 amide bonds. The number of urea groups is 1. The van der Waals surface area contributed by atoms with E-state index in [1.165, 1.54) is 18.2 Å². The van der Waals surface area contributed by atoms with Crippen molar-refractivity contribution in [1.82, 2.24) is 20.1 Å². The van der Waals surface area contributed by atoms with Crippen LogP contribution in [-0.2, 0) is 12.3 Å². The number of nitrogens with zero attached hydrogens (tertiary/aromatic N) is 3. The number of hydrogen-bond acceptors (Lipinski definition) is 4. The van der Waals surface area contributed by atoms with E-state index in [0.29, 0.717) is 27.4 Å². The lowest BCUT2D eigenvalue weighted by Crippen LogP contribution is -2.29. The minimum absolute atomic E-state index is 0.117. The molecular formula is C24H21ClFN5OS. The van der Waals surface area contributed by atoms with Crippen molar-refractivity contribution in [1.29, 1.82) is 0 Å². The van der Waals surface area contributed by atoms with Crippen molar-refractivity contribution < 1.29 is 9.18 Å². The molecule has 0 saturated heterocycles. The minimum Gasteiger partial charge on any atom is -0.331 e. The molecule has 1 heterocycles. The van der Waals surface area contributed by atoms with E-state index >= 15 is 0 Å². The molecule has 0 unspecified atom stereocenters. The Labute approximate surface area is 200 Å². The number of halogens is 2. The lowest BCUT2D eigenvalue weighted by Gasteiger charge is -2.14. The van der Waals surface area contributed by atoms with Gasteiger partial charge in [0.2, 0.25) is 0 Å². The molecule has 9 heteroatoms. The molecule has 2 N–H and O–H groups in total. The molecule has 4 aromatic rings. The molecule has 0 aliphatic heterocycles. The molecule has 6 nitrogen and oxygen atoms in total. The first-order valence-electron chi connectivity index (χ1n) is 10.2. The number of nitrogens with one attached hydrogen (secondary N) is 2. The van der Waals surface area contributed by atoms with Gasteiger partial charge in [-0.15, -0.1) is 10.2 Å². The van der Waals surface area contributed by atoms with E-state index in [4.69, 9.17) is 11.6 Å². The summed E-state index contributed by atoms with van der Waals surface area (Å²) >= 11 is 7.82. The third-order valence-corrected chi connectivity index (χ3v) is 6.05. The highest BCUT2D eigenvalue weighted by Crippen LogP contribution is 2.28. The third kappa shape index (κ3) is 5.91. The number of hydrogen-bond donors (Lipinski definition) is 2. The number of aromatic nitrogens is 3. The van der Waals surface area contributed by atoms with Gasteiger partial charge >= 0.3 is 6.03 Å². The normalized spacial score (nSPS) is 10.8. The van der Waals surface area contributed by atoms with E-state index in [1.54, 1.807) is 17.8 Å². The number of carbonyl (C=O) groups is 1. The highest BCUT2D eigenvalue weighted by Gasteiger charge is 2.17. The number of thioether (sulfide) groups is 1. The van der Waals surface area contributed by atoms with Crippen LogP contribution < -0.4 is 10.6 Å². The van der Waals surface area contributed by atoms with Gasteiger partial charge in [-0.3, -0.25) is 4.57 Å². The zero-order valence-corrected chi connectivity index (χ0v) is 19.3. The summed E-state index contributed by atoms with van der Waals surface area (Å²) in [6.07, 6.45) is 0. The maximum Gasteiger partial charge on any atom is 0.319 e. The minimum atomic E-state index is -0.476. The number of carbonyl (C=O) groups excluding carboxylic acids is 1.